The molecule has 0 unspecified atom stereocenters. The number of hydrogen-bond acceptors (Lipinski definition) is 6. The Bertz CT molecular complexity index is 503. The van der Waals surface area contributed by atoms with Crippen LogP contribution in [0.15, 0.2) is 23.1 Å². The van der Waals surface area contributed by atoms with Crippen LogP contribution in [0.25, 0.3) is 0 Å². The molecule has 0 aromatic heterocycles. The van der Waals surface area contributed by atoms with Crippen molar-refractivity contribution in [1.29, 1.82) is 0 Å². The average molecular weight is 270 g/mol. The summed E-state index contributed by atoms with van der Waals surface area (Å²) in [4.78, 5) is 32.5. The van der Waals surface area contributed by atoms with Crippen molar-refractivity contribution in [3.05, 3.63) is 33.9 Å². The summed E-state index contributed by atoms with van der Waals surface area (Å²) in [6.45, 7) is -0.559. The van der Waals surface area contributed by atoms with Gasteiger partial charge in [-0.3, -0.25) is 14.9 Å². The summed E-state index contributed by atoms with van der Waals surface area (Å²) >= 11 is 1.19. The van der Waals surface area contributed by atoms with Crippen molar-refractivity contribution in [2.75, 3.05) is 12.9 Å². The minimum atomic E-state index is -0.829. The number of carbonyl (C=O) groups is 2. The lowest BCUT2D eigenvalue weighted by Crippen LogP contribution is -2.20. The van der Waals surface area contributed by atoms with Gasteiger partial charge < -0.3 is 10.5 Å². The fraction of sp³-hybridized carbons (Fsp3) is 0.200. The molecule has 0 saturated carbocycles. The van der Waals surface area contributed by atoms with Gasteiger partial charge in [0, 0.05) is 6.07 Å². The molecule has 7 nitrogen and oxygen atoms in total. The summed E-state index contributed by atoms with van der Waals surface area (Å²) in [6, 6.07) is 3.95. The normalized spacial score (nSPS) is 9.83. The van der Waals surface area contributed by atoms with Gasteiger partial charge in [-0.1, -0.05) is 0 Å². The predicted octanol–water partition coefficient (Wildman–Crippen LogP) is 0.959. The van der Waals surface area contributed by atoms with Gasteiger partial charge in [-0.2, -0.15) is 0 Å². The quantitative estimate of drug-likeness (QED) is 0.369. The van der Waals surface area contributed by atoms with Crippen molar-refractivity contribution < 1.29 is 19.2 Å². The van der Waals surface area contributed by atoms with E-state index in [1.165, 1.54) is 23.9 Å². The van der Waals surface area contributed by atoms with Crippen molar-refractivity contribution in [3.8, 4) is 0 Å². The van der Waals surface area contributed by atoms with Gasteiger partial charge in [0.25, 0.3) is 11.6 Å². The first kappa shape index (κ1) is 14.0. The Morgan fingerprint density at radius 1 is 1.50 bits per heavy atom. The Balaban J connectivity index is 2.97. The number of nitrogens with zero attached hydrogens (tertiary/aromatic N) is 1. The number of amides is 1. The highest BCUT2D eigenvalue weighted by atomic mass is 32.2. The van der Waals surface area contributed by atoms with Crippen molar-refractivity contribution in [3.63, 3.8) is 0 Å². The van der Waals surface area contributed by atoms with Crippen LogP contribution in [0.3, 0.4) is 0 Å². The molecule has 0 aliphatic carbocycles. The molecule has 1 amide bonds. The van der Waals surface area contributed by atoms with E-state index < -0.39 is 23.4 Å². The smallest absolute Gasteiger partial charge is 0.338 e. The number of benzene rings is 1. The van der Waals surface area contributed by atoms with Crippen LogP contribution in [0.4, 0.5) is 5.69 Å². The zero-order valence-corrected chi connectivity index (χ0v) is 10.2. The van der Waals surface area contributed by atoms with E-state index in [4.69, 9.17) is 5.73 Å². The molecule has 0 radical (unpaired) electrons. The van der Waals surface area contributed by atoms with Crippen molar-refractivity contribution >= 4 is 29.3 Å². The van der Waals surface area contributed by atoms with Crippen LogP contribution in [0, 0.1) is 10.1 Å². The minimum Gasteiger partial charge on any atom is -0.452 e. The van der Waals surface area contributed by atoms with Crippen LogP contribution in [-0.2, 0) is 9.53 Å². The SMILES string of the molecule is CSc1ccc(C(=O)OCC(N)=O)cc1[N+](=O)[O-]. The Hall–Kier alpha value is -2.09. The maximum absolute atomic E-state index is 11.5. The maximum atomic E-state index is 11.5. The molecule has 18 heavy (non-hydrogen) atoms. The van der Waals surface area contributed by atoms with E-state index in [9.17, 15) is 19.7 Å². The largest absolute Gasteiger partial charge is 0.452 e. The van der Waals surface area contributed by atoms with E-state index in [2.05, 4.69) is 4.74 Å². The highest BCUT2D eigenvalue weighted by Crippen LogP contribution is 2.28. The van der Waals surface area contributed by atoms with Crippen molar-refractivity contribution in [2.24, 2.45) is 5.73 Å². The Kier molecular flexibility index (Phi) is 4.67. The van der Waals surface area contributed by atoms with Gasteiger partial charge in [0.15, 0.2) is 6.61 Å². The van der Waals surface area contributed by atoms with E-state index in [1.54, 1.807) is 6.26 Å². The molecule has 96 valence electrons. The number of nitro benzene ring substituents is 1. The standard InChI is InChI=1S/C10H10N2O5S/c1-18-8-3-2-6(4-7(8)12(15)16)10(14)17-5-9(11)13/h2-4H,5H2,1H3,(H2,11,13). The maximum Gasteiger partial charge on any atom is 0.338 e. The first-order valence-electron chi connectivity index (χ1n) is 4.73. The van der Waals surface area contributed by atoms with Gasteiger partial charge in [0.2, 0.25) is 0 Å². The molecule has 2 N–H and O–H groups in total. The fourth-order valence-corrected chi connectivity index (χ4v) is 1.73. The van der Waals surface area contributed by atoms with Crippen LogP contribution < -0.4 is 5.73 Å². The molecule has 0 aliphatic heterocycles. The van der Waals surface area contributed by atoms with E-state index >= 15 is 0 Å². The number of thioether (sulfide) groups is 1. The monoisotopic (exact) mass is 270 g/mol. The number of nitrogens with two attached hydrogens (primary N) is 1. The zero-order chi connectivity index (χ0) is 13.7. The summed E-state index contributed by atoms with van der Waals surface area (Å²) < 4.78 is 4.55. The minimum absolute atomic E-state index is 0.000694. The van der Waals surface area contributed by atoms with Gasteiger partial charge in [0.05, 0.1) is 15.4 Å². The molecule has 0 heterocycles. The average Bonchev–Trinajstić information content (AvgIpc) is 2.34. The van der Waals surface area contributed by atoms with E-state index in [0.717, 1.165) is 6.07 Å². The zero-order valence-electron chi connectivity index (χ0n) is 9.41. The summed E-state index contributed by atoms with van der Waals surface area (Å²) in [5.41, 5.74) is 4.63. The van der Waals surface area contributed by atoms with Gasteiger partial charge in [-0.25, -0.2) is 4.79 Å². The molecular formula is C10H10N2O5S. The number of nitro groups is 1. The lowest BCUT2D eigenvalue weighted by molar-refractivity contribution is -0.387. The molecule has 1 aromatic carbocycles. The summed E-state index contributed by atoms with van der Waals surface area (Å²) in [5, 5.41) is 10.8. The molecule has 0 spiro atoms. The summed E-state index contributed by atoms with van der Waals surface area (Å²) in [5.74, 6) is -1.62. The topological polar surface area (TPSA) is 113 Å². The number of ether oxygens (including phenoxy) is 1. The number of hydrogen-bond donors (Lipinski definition) is 1. The third-order valence-corrected chi connectivity index (χ3v) is 2.74. The highest BCUT2D eigenvalue weighted by molar-refractivity contribution is 7.98. The molecule has 0 bridgehead atoms. The van der Waals surface area contributed by atoms with Gasteiger partial charge in [-0.05, 0) is 18.4 Å². The number of rotatable bonds is 5. The number of primary amides is 1. The van der Waals surface area contributed by atoms with Gasteiger partial charge in [0.1, 0.15) is 0 Å². The van der Waals surface area contributed by atoms with Crippen LogP contribution >= 0.6 is 11.8 Å². The Morgan fingerprint density at radius 3 is 2.67 bits per heavy atom. The molecule has 0 saturated heterocycles. The van der Waals surface area contributed by atoms with Crippen molar-refractivity contribution in [1.82, 2.24) is 0 Å². The fourth-order valence-electron chi connectivity index (χ4n) is 1.18. The molecule has 0 atom stereocenters. The second kappa shape index (κ2) is 6.01. The Labute approximate surface area is 106 Å². The molecule has 8 heteroatoms. The summed E-state index contributed by atoms with van der Waals surface area (Å²) in [6.07, 6.45) is 1.69. The Morgan fingerprint density at radius 2 is 2.17 bits per heavy atom. The number of esters is 1. The molecule has 1 aromatic rings. The first-order valence-corrected chi connectivity index (χ1v) is 5.96. The van der Waals surface area contributed by atoms with Crippen molar-refractivity contribution in [2.45, 2.75) is 4.90 Å². The van der Waals surface area contributed by atoms with Crippen LogP contribution in [0.1, 0.15) is 10.4 Å². The molecule has 1 rings (SSSR count). The second-order valence-corrected chi connectivity index (χ2v) is 4.03. The molecule has 0 fully saturated rings. The van der Waals surface area contributed by atoms with Crippen LogP contribution in [0.5, 0.6) is 0 Å². The predicted molar refractivity (Wildman–Crippen MR) is 64.4 cm³/mol. The lowest BCUT2D eigenvalue weighted by atomic mass is 10.2. The third-order valence-electron chi connectivity index (χ3n) is 1.96. The van der Waals surface area contributed by atoms with E-state index in [-0.39, 0.29) is 11.3 Å². The van der Waals surface area contributed by atoms with E-state index in [0.29, 0.717) is 4.90 Å². The van der Waals surface area contributed by atoms with Gasteiger partial charge in [-0.15, -0.1) is 11.8 Å². The third kappa shape index (κ3) is 3.45. The second-order valence-electron chi connectivity index (χ2n) is 3.19. The van der Waals surface area contributed by atoms with E-state index in [1.807, 2.05) is 0 Å². The molecular weight excluding hydrogens is 260 g/mol. The highest BCUT2D eigenvalue weighted by Gasteiger charge is 2.18. The molecule has 0 aliphatic rings. The van der Waals surface area contributed by atoms with Crippen LogP contribution in [-0.4, -0.2) is 29.7 Å². The first-order chi connectivity index (χ1) is 8.45. The summed E-state index contributed by atoms with van der Waals surface area (Å²) in [7, 11) is 0. The van der Waals surface area contributed by atoms with Crippen LogP contribution in [0.2, 0.25) is 0 Å². The lowest BCUT2D eigenvalue weighted by Gasteiger charge is -2.04. The van der Waals surface area contributed by atoms with Gasteiger partial charge >= 0.3 is 5.97 Å². The number of carbonyl (C=O) groups excluding carboxylic acids is 2.